The Balaban J connectivity index is 3.41. The summed E-state index contributed by atoms with van der Waals surface area (Å²) in [5.41, 5.74) is 5.28. The average Bonchev–Trinajstić information content (AvgIpc) is 2.10. The van der Waals surface area contributed by atoms with E-state index in [0.29, 0.717) is 19.5 Å². The molecule has 0 spiro atoms. The molecule has 0 aliphatic carbocycles. The standard InChI is InChI=1S/C8H17FN2O2/c9-6-7(2-1-4-10)3-5-11-8(12)13/h7,11H,1-6,10H2,(H,12,13). The van der Waals surface area contributed by atoms with Gasteiger partial charge in [-0.1, -0.05) is 0 Å². The summed E-state index contributed by atoms with van der Waals surface area (Å²) in [5, 5.41) is 10.5. The number of hydrogen-bond donors (Lipinski definition) is 3. The smallest absolute Gasteiger partial charge is 0.404 e. The Bertz CT molecular complexity index is 144. The lowest BCUT2D eigenvalue weighted by Gasteiger charge is -2.11. The Labute approximate surface area is 77.3 Å². The third-order valence-corrected chi connectivity index (χ3v) is 1.86. The van der Waals surface area contributed by atoms with E-state index < -0.39 is 12.8 Å². The Kier molecular flexibility index (Phi) is 7.29. The van der Waals surface area contributed by atoms with Crippen LogP contribution in [0.5, 0.6) is 0 Å². The Morgan fingerprint density at radius 1 is 1.54 bits per heavy atom. The van der Waals surface area contributed by atoms with Crippen LogP contribution in [0.4, 0.5) is 9.18 Å². The maximum Gasteiger partial charge on any atom is 0.404 e. The lowest BCUT2D eigenvalue weighted by atomic mass is 10.0. The molecule has 1 unspecified atom stereocenters. The van der Waals surface area contributed by atoms with Gasteiger partial charge < -0.3 is 16.2 Å². The first kappa shape index (κ1) is 12.2. The van der Waals surface area contributed by atoms with Crippen molar-refractivity contribution in [3.05, 3.63) is 0 Å². The van der Waals surface area contributed by atoms with Crippen molar-refractivity contribution in [3.63, 3.8) is 0 Å². The summed E-state index contributed by atoms with van der Waals surface area (Å²) in [6.45, 7) is 0.471. The molecule has 0 aliphatic rings. The number of carboxylic acid groups (broad SMARTS) is 1. The van der Waals surface area contributed by atoms with E-state index >= 15 is 0 Å². The summed E-state index contributed by atoms with van der Waals surface area (Å²) < 4.78 is 12.3. The van der Waals surface area contributed by atoms with Gasteiger partial charge in [-0.3, -0.25) is 4.39 Å². The quantitative estimate of drug-likeness (QED) is 0.562. The second kappa shape index (κ2) is 7.79. The average molecular weight is 192 g/mol. The van der Waals surface area contributed by atoms with Gasteiger partial charge in [0.1, 0.15) is 0 Å². The topological polar surface area (TPSA) is 75.3 Å². The molecule has 0 aromatic rings. The number of nitrogens with two attached hydrogens (primary N) is 1. The van der Waals surface area contributed by atoms with Gasteiger partial charge in [-0.15, -0.1) is 0 Å². The summed E-state index contributed by atoms with van der Waals surface area (Å²) in [5.74, 6) is -0.0598. The summed E-state index contributed by atoms with van der Waals surface area (Å²) in [4.78, 5) is 10.1. The maximum atomic E-state index is 12.3. The fraction of sp³-hybridized carbons (Fsp3) is 0.875. The van der Waals surface area contributed by atoms with E-state index in [1.165, 1.54) is 0 Å². The molecule has 0 rings (SSSR count). The van der Waals surface area contributed by atoms with Crippen molar-refractivity contribution in [2.45, 2.75) is 19.3 Å². The minimum absolute atomic E-state index is 0.0598. The van der Waals surface area contributed by atoms with E-state index in [2.05, 4.69) is 5.32 Å². The number of alkyl halides is 1. The van der Waals surface area contributed by atoms with Crippen LogP contribution in [-0.2, 0) is 0 Å². The highest BCUT2D eigenvalue weighted by molar-refractivity contribution is 5.64. The van der Waals surface area contributed by atoms with Gasteiger partial charge in [-0.25, -0.2) is 4.79 Å². The second-order valence-electron chi connectivity index (χ2n) is 2.97. The summed E-state index contributed by atoms with van der Waals surface area (Å²) in [6.07, 6.45) is 1.01. The van der Waals surface area contributed by atoms with E-state index in [0.717, 1.165) is 12.8 Å². The van der Waals surface area contributed by atoms with Crippen LogP contribution in [0.3, 0.4) is 0 Å². The van der Waals surface area contributed by atoms with E-state index in [4.69, 9.17) is 10.8 Å². The first-order valence-electron chi connectivity index (χ1n) is 4.43. The number of rotatable bonds is 7. The largest absolute Gasteiger partial charge is 0.465 e. The van der Waals surface area contributed by atoms with Gasteiger partial charge >= 0.3 is 6.09 Å². The van der Waals surface area contributed by atoms with Crippen LogP contribution in [0.15, 0.2) is 0 Å². The summed E-state index contributed by atoms with van der Waals surface area (Å²) in [6, 6.07) is 0. The molecule has 4 nitrogen and oxygen atoms in total. The van der Waals surface area contributed by atoms with Crippen molar-refractivity contribution >= 4 is 6.09 Å². The van der Waals surface area contributed by atoms with Crippen LogP contribution >= 0.6 is 0 Å². The first-order valence-corrected chi connectivity index (χ1v) is 4.43. The van der Waals surface area contributed by atoms with E-state index in [1.54, 1.807) is 0 Å². The Morgan fingerprint density at radius 3 is 2.69 bits per heavy atom. The normalized spacial score (nSPS) is 12.5. The number of amides is 1. The van der Waals surface area contributed by atoms with Gasteiger partial charge in [-0.2, -0.15) is 0 Å². The van der Waals surface area contributed by atoms with Gasteiger partial charge in [0.15, 0.2) is 0 Å². The molecule has 5 heteroatoms. The van der Waals surface area contributed by atoms with E-state index in [9.17, 15) is 9.18 Å². The fourth-order valence-corrected chi connectivity index (χ4v) is 1.09. The lowest BCUT2D eigenvalue weighted by Crippen LogP contribution is -2.24. The number of halogens is 1. The minimum atomic E-state index is -1.06. The molecule has 0 heterocycles. The monoisotopic (exact) mass is 192 g/mol. The van der Waals surface area contributed by atoms with Crippen molar-refractivity contribution < 1.29 is 14.3 Å². The maximum absolute atomic E-state index is 12.3. The zero-order chi connectivity index (χ0) is 10.1. The highest BCUT2D eigenvalue weighted by atomic mass is 19.1. The molecule has 0 bridgehead atoms. The molecule has 0 saturated heterocycles. The van der Waals surface area contributed by atoms with Crippen molar-refractivity contribution in [2.75, 3.05) is 19.8 Å². The van der Waals surface area contributed by atoms with Crippen LogP contribution < -0.4 is 11.1 Å². The highest BCUT2D eigenvalue weighted by Gasteiger charge is 2.07. The van der Waals surface area contributed by atoms with Crippen molar-refractivity contribution in [1.29, 1.82) is 0 Å². The number of carbonyl (C=O) groups is 1. The molecule has 1 amide bonds. The van der Waals surface area contributed by atoms with Crippen molar-refractivity contribution in [1.82, 2.24) is 5.32 Å². The number of hydrogen-bond acceptors (Lipinski definition) is 2. The summed E-state index contributed by atoms with van der Waals surface area (Å²) in [7, 11) is 0. The van der Waals surface area contributed by atoms with Crippen LogP contribution in [0.1, 0.15) is 19.3 Å². The van der Waals surface area contributed by atoms with Crippen molar-refractivity contribution in [3.8, 4) is 0 Å². The third kappa shape index (κ3) is 7.52. The van der Waals surface area contributed by atoms with E-state index in [-0.39, 0.29) is 5.92 Å². The fourth-order valence-electron chi connectivity index (χ4n) is 1.09. The van der Waals surface area contributed by atoms with E-state index in [1.807, 2.05) is 0 Å². The molecule has 0 fully saturated rings. The van der Waals surface area contributed by atoms with Gasteiger partial charge in [0, 0.05) is 6.54 Å². The molecule has 0 radical (unpaired) electrons. The molecule has 78 valence electrons. The highest BCUT2D eigenvalue weighted by Crippen LogP contribution is 2.10. The molecule has 0 aromatic heterocycles. The Morgan fingerprint density at radius 2 is 2.23 bits per heavy atom. The SMILES string of the molecule is NCCCC(CF)CCNC(=O)O. The zero-order valence-electron chi connectivity index (χ0n) is 7.63. The Hall–Kier alpha value is -0.840. The predicted molar refractivity (Wildman–Crippen MR) is 48.4 cm³/mol. The molecule has 0 saturated carbocycles. The molecule has 0 aliphatic heterocycles. The minimum Gasteiger partial charge on any atom is -0.465 e. The molecule has 0 aromatic carbocycles. The number of nitrogens with one attached hydrogen (secondary N) is 1. The van der Waals surface area contributed by atoms with Crippen LogP contribution in [0.25, 0.3) is 0 Å². The van der Waals surface area contributed by atoms with Gasteiger partial charge in [-0.05, 0) is 31.7 Å². The second-order valence-corrected chi connectivity index (χ2v) is 2.97. The van der Waals surface area contributed by atoms with Crippen LogP contribution in [0, 0.1) is 5.92 Å². The molecular weight excluding hydrogens is 175 g/mol. The van der Waals surface area contributed by atoms with Crippen LogP contribution in [-0.4, -0.2) is 31.0 Å². The van der Waals surface area contributed by atoms with Crippen molar-refractivity contribution in [2.24, 2.45) is 11.7 Å². The molecule has 4 N–H and O–H groups in total. The third-order valence-electron chi connectivity index (χ3n) is 1.86. The van der Waals surface area contributed by atoms with Crippen LogP contribution in [0.2, 0.25) is 0 Å². The van der Waals surface area contributed by atoms with Gasteiger partial charge in [0.05, 0.1) is 6.67 Å². The lowest BCUT2D eigenvalue weighted by molar-refractivity contribution is 0.192. The molecular formula is C8H17FN2O2. The van der Waals surface area contributed by atoms with Gasteiger partial charge in [0.25, 0.3) is 0 Å². The zero-order valence-corrected chi connectivity index (χ0v) is 7.63. The predicted octanol–water partition coefficient (Wildman–Crippen LogP) is 0.969. The van der Waals surface area contributed by atoms with Gasteiger partial charge in [0.2, 0.25) is 0 Å². The first-order chi connectivity index (χ1) is 6.20. The molecule has 1 atom stereocenters. The summed E-state index contributed by atoms with van der Waals surface area (Å²) >= 11 is 0. The molecule has 13 heavy (non-hydrogen) atoms.